The van der Waals surface area contributed by atoms with Gasteiger partial charge in [0.05, 0.1) is 18.5 Å². The van der Waals surface area contributed by atoms with Gasteiger partial charge in [0.1, 0.15) is 5.75 Å². The lowest BCUT2D eigenvalue weighted by atomic mass is 10.2. The number of amides is 1. The van der Waals surface area contributed by atoms with Crippen LogP contribution in [0.5, 0.6) is 5.75 Å². The van der Waals surface area contributed by atoms with Crippen LogP contribution >= 0.6 is 34.4 Å². The van der Waals surface area contributed by atoms with Gasteiger partial charge in [-0.3, -0.25) is 4.79 Å². The van der Waals surface area contributed by atoms with Gasteiger partial charge in [0.15, 0.2) is 11.0 Å². The van der Waals surface area contributed by atoms with Crippen molar-refractivity contribution >= 4 is 52.2 Å². The molecule has 31 heavy (non-hydrogen) atoms. The first-order valence-corrected chi connectivity index (χ1v) is 11.4. The van der Waals surface area contributed by atoms with E-state index in [4.69, 9.17) is 0 Å². The molecule has 2 aromatic carbocycles. The van der Waals surface area contributed by atoms with Crippen molar-refractivity contribution in [2.24, 2.45) is 5.10 Å². The van der Waals surface area contributed by atoms with Gasteiger partial charge in [-0.15, -0.1) is 16.8 Å². The van der Waals surface area contributed by atoms with Crippen molar-refractivity contribution in [3.05, 3.63) is 76.1 Å². The molecule has 0 saturated carbocycles. The number of nitrogens with zero attached hydrogens (tertiary/aromatic N) is 4. The summed E-state index contributed by atoms with van der Waals surface area (Å²) < 4.78 is 3.09. The fraction of sp³-hybridized carbons (Fsp3) is 0.143. The van der Waals surface area contributed by atoms with Crippen LogP contribution in [0.2, 0.25) is 0 Å². The first-order valence-electron chi connectivity index (χ1n) is 9.31. The smallest absolute Gasteiger partial charge is 0.250 e. The summed E-state index contributed by atoms with van der Waals surface area (Å²) in [5, 5.41) is 25.8. The molecule has 8 nitrogen and oxygen atoms in total. The fourth-order valence-corrected chi connectivity index (χ4v) is 3.68. The monoisotopic (exact) mass is 548 g/mol. The van der Waals surface area contributed by atoms with E-state index in [-0.39, 0.29) is 17.4 Å². The molecule has 0 fully saturated rings. The van der Waals surface area contributed by atoms with Crippen LogP contribution in [-0.4, -0.2) is 37.7 Å². The van der Waals surface area contributed by atoms with Crippen molar-refractivity contribution in [1.29, 1.82) is 0 Å². The minimum Gasteiger partial charge on any atom is -0.508 e. The Kier molecular flexibility index (Phi) is 8.47. The normalized spacial score (nSPS) is 10.9. The van der Waals surface area contributed by atoms with E-state index in [0.29, 0.717) is 23.8 Å². The first kappa shape index (κ1) is 22.8. The van der Waals surface area contributed by atoms with Crippen molar-refractivity contribution in [2.75, 3.05) is 11.1 Å². The molecule has 0 aliphatic heterocycles. The number of thioether (sulfide) groups is 1. The summed E-state index contributed by atoms with van der Waals surface area (Å²) in [6, 6.07) is 14.7. The molecule has 0 saturated heterocycles. The molecular formula is C21H21IN6O2S. The molecule has 3 rings (SSSR count). The quantitative estimate of drug-likeness (QED) is 0.118. The van der Waals surface area contributed by atoms with Crippen molar-refractivity contribution in [3.8, 4) is 5.75 Å². The van der Waals surface area contributed by atoms with E-state index >= 15 is 0 Å². The van der Waals surface area contributed by atoms with E-state index in [1.165, 1.54) is 21.5 Å². The number of phenols is 1. The number of nitrogens with one attached hydrogen (secondary N) is 2. The number of aromatic hydroxyl groups is 1. The molecule has 0 bridgehead atoms. The van der Waals surface area contributed by atoms with Crippen LogP contribution in [-0.2, 0) is 17.9 Å². The Morgan fingerprint density at radius 2 is 2.06 bits per heavy atom. The van der Waals surface area contributed by atoms with Crippen molar-refractivity contribution in [3.63, 3.8) is 0 Å². The Morgan fingerprint density at radius 3 is 2.81 bits per heavy atom. The SMILES string of the molecule is C=CCn1c(CNc2ccc(I)cc2)nnc1SCC(=O)NN=Cc1cccc(O)c1. The van der Waals surface area contributed by atoms with E-state index in [2.05, 4.69) is 55.2 Å². The first-order chi connectivity index (χ1) is 15.0. The molecule has 3 N–H and O–H groups in total. The van der Waals surface area contributed by atoms with Crippen LogP contribution in [0.4, 0.5) is 5.69 Å². The Hall–Kier alpha value is -2.86. The number of allylic oxidation sites excluding steroid dienone is 1. The zero-order chi connectivity index (χ0) is 22.1. The molecular weight excluding hydrogens is 527 g/mol. The number of anilines is 1. The van der Waals surface area contributed by atoms with Crippen LogP contribution in [0.1, 0.15) is 11.4 Å². The van der Waals surface area contributed by atoms with E-state index in [1.54, 1.807) is 30.3 Å². The molecule has 0 radical (unpaired) electrons. The molecule has 0 aliphatic rings. The number of hydrazone groups is 1. The average Bonchev–Trinajstić information content (AvgIpc) is 3.14. The minimum absolute atomic E-state index is 0.136. The van der Waals surface area contributed by atoms with E-state index < -0.39 is 0 Å². The maximum Gasteiger partial charge on any atom is 0.250 e. The topological polar surface area (TPSA) is 104 Å². The summed E-state index contributed by atoms with van der Waals surface area (Å²) in [5.41, 5.74) is 4.14. The molecule has 0 aliphatic carbocycles. The highest BCUT2D eigenvalue weighted by Gasteiger charge is 2.13. The number of phenolic OH excluding ortho intramolecular Hbond substituents is 1. The van der Waals surface area contributed by atoms with Gasteiger partial charge in [0.25, 0.3) is 5.91 Å². The number of carbonyl (C=O) groups excluding carboxylic acids is 1. The van der Waals surface area contributed by atoms with Crippen molar-refractivity contribution < 1.29 is 9.90 Å². The third-order valence-electron chi connectivity index (χ3n) is 4.01. The Morgan fingerprint density at radius 1 is 1.26 bits per heavy atom. The largest absolute Gasteiger partial charge is 0.508 e. The highest BCUT2D eigenvalue weighted by atomic mass is 127. The summed E-state index contributed by atoms with van der Waals surface area (Å²) in [6.45, 7) is 4.83. The van der Waals surface area contributed by atoms with Gasteiger partial charge in [0.2, 0.25) is 0 Å². The van der Waals surface area contributed by atoms with Crippen molar-refractivity contribution in [2.45, 2.75) is 18.2 Å². The molecule has 0 unspecified atom stereocenters. The van der Waals surface area contributed by atoms with Crippen LogP contribution in [0.15, 0.2) is 71.4 Å². The predicted octanol–water partition coefficient (Wildman–Crippen LogP) is 3.63. The second-order valence-corrected chi connectivity index (χ2v) is 8.52. The van der Waals surface area contributed by atoms with Gasteiger partial charge < -0.3 is 15.0 Å². The van der Waals surface area contributed by atoms with Crippen molar-refractivity contribution in [1.82, 2.24) is 20.2 Å². The van der Waals surface area contributed by atoms with E-state index in [9.17, 15) is 9.90 Å². The fourth-order valence-electron chi connectivity index (χ4n) is 2.56. The van der Waals surface area contributed by atoms with Gasteiger partial charge in [-0.1, -0.05) is 30.0 Å². The maximum absolute atomic E-state index is 12.1. The Balaban J connectivity index is 1.54. The lowest BCUT2D eigenvalue weighted by molar-refractivity contribution is -0.118. The average molecular weight is 548 g/mol. The highest BCUT2D eigenvalue weighted by molar-refractivity contribution is 14.1. The zero-order valence-electron chi connectivity index (χ0n) is 16.5. The van der Waals surface area contributed by atoms with Gasteiger partial charge in [0, 0.05) is 15.8 Å². The summed E-state index contributed by atoms with van der Waals surface area (Å²) >= 11 is 3.54. The number of hydrogen-bond acceptors (Lipinski definition) is 7. The van der Waals surface area contributed by atoms with E-state index in [1.807, 2.05) is 28.8 Å². The standard InChI is InChI=1S/C21H21IN6O2S/c1-2-10-28-19(13-23-17-8-6-16(22)7-9-17)25-27-21(28)31-14-20(30)26-24-12-15-4-3-5-18(29)11-15/h2-9,11-12,23,29H,1,10,13-14H2,(H,26,30). The van der Waals surface area contributed by atoms with E-state index in [0.717, 1.165) is 11.5 Å². The Labute approximate surface area is 198 Å². The van der Waals surface area contributed by atoms with Crippen LogP contribution in [0.3, 0.4) is 0 Å². The van der Waals surface area contributed by atoms with Gasteiger partial charge >= 0.3 is 0 Å². The minimum atomic E-state index is -0.270. The zero-order valence-corrected chi connectivity index (χ0v) is 19.5. The third-order valence-corrected chi connectivity index (χ3v) is 5.69. The number of benzene rings is 2. The van der Waals surface area contributed by atoms with Gasteiger partial charge in [-0.25, -0.2) is 5.43 Å². The summed E-state index contributed by atoms with van der Waals surface area (Å²) in [5.74, 6) is 0.757. The Bertz CT molecular complexity index is 1070. The molecule has 160 valence electrons. The van der Waals surface area contributed by atoms with Crippen LogP contribution < -0.4 is 10.7 Å². The van der Waals surface area contributed by atoms with Gasteiger partial charge in [-0.2, -0.15) is 5.10 Å². The number of rotatable bonds is 10. The molecule has 1 aromatic heterocycles. The molecule has 0 spiro atoms. The van der Waals surface area contributed by atoms with Crippen LogP contribution in [0, 0.1) is 3.57 Å². The number of hydrogen-bond donors (Lipinski definition) is 3. The third kappa shape index (κ3) is 7.10. The highest BCUT2D eigenvalue weighted by Crippen LogP contribution is 2.18. The number of aromatic nitrogens is 3. The summed E-state index contributed by atoms with van der Waals surface area (Å²) in [4.78, 5) is 12.1. The summed E-state index contributed by atoms with van der Waals surface area (Å²) in [6.07, 6.45) is 3.23. The molecule has 1 amide bonds. The molecule has 10 heteroatoms. The second-order valence-electron chi connectivity index (χ2n) is 6.34. The lowest BCUT2D eigenvalue weighted by Crippen LogP contribution is -2.20. The molecule has 3 aromatic rings. The lowest BCUT2D eigenvalue weighted by Gasteiger charge is -2.09. The predicted molar refractivity (Wildman–Crippen MR) is 131 cm³/mol. The molecule has 1 heterocycles. The second kappa shape index (κ2) is 11.5. The molecule has 0 atom stereocenters. The van der Waals surface area contributed by atoms with Gasteiger partial charge in [-0.05, 0) is 64.6 Å². The summed E-state index contributed by atoms with van der Waals surface area (Å²) in [7, 11) is 0. The maximum atomic E-state index is 12.1. The number of carbonyl (C=O) groups is 1. The number of halogens is 1. The van der Waals surface area contributed by atoms with Crippen LogP contribution in [0.25, 0.3) is 0 Å².